The van der Waals surface area contributed by atoms with Gasteiger partial charge in [0.2, 0.25) is 0 Å². The summed E-state index contributed by atoms with van der Waals surface area (Å²) in [5.74, 6) is -2.72. The largest absolute Gasteiger partial charge is 0.345 e. The molecule has 0 radical (unpaired) electrons. The van der Waals surface area contributed by atoms with Gasteiger partial charge in [-0.15, -0.1) is 0 Å². The fraction of sp³-hybridized carbons (Fsp3) is 0.412. The lowest BCUT2D eigenvalue weighted by Crippen LogP contribution is -2.52. The van der Waals surface area contributed by atoms with Crippen molar-refractivity contribution in [2.75, 3.05) is 0 Å². The Kier molecular flexibility index (Phi) is 5.36. The number of rotatable bonds is 4. The van der Waals surface area contributed by atoms with Crippen LogP contribution in [0.1, 0.15) is 32.3 Å². The highest BCUT2D eigenvalue weighted by molar-refractivity contribution is 7.90. The number of hydrogen-bond donors (Lipinski definition) is 4. The van der Waals surface area contributed by atoms with Gasteiger partial charge < -0.3 is 5.32 Å². The summed E-state index contributed by atoms with van der Waals surface area (Å²) in [6.07, 6.45) is 1.66. The Morgan fingerprint density at radius 1 is 1.11 bits per heavy atom. The molecule has 4 N–H and O–H groups in total. The third-order valence-corrected chi connectivity index (χ3v) is 5.65. The van der Waals surface area contributed by atoms with E-state index in [4.69, 9.17) is 0 Å². The second-order valence-corrected chi connectivity index (χ2v) is 8.61. The fourth-order valence-corrected chi connectivity index (χ4v) is 3.85. The van der Waals surface area contributed by atoms with E-state index >= 15 is 0 Å². The zero-order valence-corrected chi connectivity index (χ0v) is 16.2. The summed E-state index contributed by atoms with van der Waals surface area (Å²) < 4.78 is 26.7. The zero-order valence-electron chi connectivity index (χ0n) is 15.4. The van der Waals surface area contributed by atoms with Crippen LogP contribution in [0.3, 0.4) is 0 Å². The predicted molar refractivity (Wildman–Crippen MR) is 99.4 cm³/mol. The molecule has 2 aliphatic rings. The maximum absolute atomic E-state index is 12.5. The lowest BCUT2D eigenvalue weighted by atomic mass is 10.0. The number of carbonyl (C=O) groups is 3. The number of aliphatic imine (C=N–C) groups is 1. The highest BCUT2D eigenvalue weighted by Crippen LogP contribution is 2.23. The molecule has 3 amide bonds. The molecule has 1 saturated carbocycles. The van der Waals surface area contributed by atoms with Crippen molar-refractivity contribution >= 4 is 33.6 Å². The molecule has 28 heavy (non-hydrogen) atoms. The lowest BCUT2D eigenvalue weighted by Gasteiger charge is -2.17. The van der Waals surface area contributed by atoms with Crippen molar-refractivity contribution in [3.05, 3.63) is 29.8 Å². The van der Waals surface area contributed by atoms with Gasteiger partial charge in [0.05, 0.1) is 4.90 Å². The van der Waals surface area contributed by atoms with Gasteiger partial charge >= 0.3 is 11.8 Å². The Morgan fingerprint density at radius 3 is 2.43 bits per heavy atom. The molecule has 0 bridgehead atoms. The summed E-state index contributed by atoms with van der Waals surface area (Å²) in [6.45, 7) is 3.45. The van der Waals surface area contributed by atoms with Gasteiger partial charge in [-0.3, -0.25) is 34.9 Å². The highest BCUT2D eigenvalue weighted by atomic mass is 32.2. The van der Waals surface area contributed by atoms with Crippen molar-refractivity contribution < 1.29 is 22.8 Å². The average Bonchev–Trinajstić information content (AvgIpc) is 3.41. The summed E-state index contributed by atoms with van der Waals surface area (Å²) >= 11 is 0. The van der Waals surface area contributed by atoms with Crippen LogP contribution in [0.25, 0.3) is 0 Å². The van der Waals surface area contributed by atoms with E-state index in [2.05, 4.69) is 25.9 Å². The number of amides is 3. The summed E-state index contributed by atoms with van der Waals surface area (Å²) in [5, 5.41) is 2.50. The molecule has 11 heteroatoms. The minimum absolute atomic E-state index is 0.0132. The molecule has 0 saturated heterocycles. The van der Waals surface area contributed by atoms with Crippen LogP contribution in [0.2, 0.25) is 0 Å². The molecule has 1 aromatic carbocycles. The first-order valence-electron chi connectivity index (χ1n) is 8.79. The Bertz CT molecular complexity index is 952. The van der Waals surface area contributed by atoms with Crippen LogP contribution in [0, 0.1) is 5.92 Å². The monoisotopic (exact) mass is 407 g/mol. The van der Waals surface area contributed by atoms with E-state index in [1.807, 2.05) is 0 Å². The Hall–Kier alpha value is -2.95. The zero-order chi connectivity index (χ0) is 20.5. The molecule has 1 atom stereocenters. The first-order valence-corrected chi connectivity index (χ1v) is 10.3. The van der Waals surface area contributed by atoms with Crippen LogP contribution >= 0.6 is 0 Å². The van der Waals surface area contributed by atoms with E-state index in [9.17, 15) is 22.8 Å². The molecule has 10 nitrogen and oxygen atoms in total. The van der Waals surface area contributed by atoms with E-state index in [-0.39, 0.29) is 22.7 Å². The van der Waals surface area contributed by atoms with Crippen molar-refractivity contribution in [1.82, 2.24) is 20.9 Å². The minimum atomic E-state index is -3.73. The lowest BCUT2D eigenvalue weighted by molar-refractivity contribution is -0.141. The van der Waals surface area contributed by atoms with E-state index in [0.29, 0.717) is 5.56 Å². The summed E-state index contributed by atoms with van der Waals surface area (Å²) in [4.78, 5) is 40.2. The van der Waals surface area contributed by atoms with Crippen molar-refractivity contribution in [2.24, 2.45) is 10.9 Å². The van der Waals surface area contributed by atoms with Gasteiger partial charge in [0.15, 0.2) is 0 Å². The van der Waals surface area contributed by atoms with Gasteiger partial charge in [0, 0.05) is 11.6 Å². The van der Waals surface area contributed by atoms with Crippen LogP contribution in [-0.2, 0) is 24.4 Å². The van der Waals surface area contributed by atoms with E-state index in [0.717, 1.165) is 12.8 Å². The standard InChI is InChI=1S/C17H21N5O5S/c1-9(2)13(15(23)20-21-17(25)16(24)18-10-7-8-10)19-14-11-5-3-4-6-12(11)28(26,27)22-14/h3-6,9-10,13H,7-8H2,1-2H3,(H,18,24)(H,19,22)(H,20,23)(H,21,25)/t13-/m0/s1. The van der Waals surface area contributed by atoms with Gasteiger partial charge in [-0.1, -0.05) is 26.0 Å². The SMILES string of the molecule is CC(C)[C@H](N=C1NS(=O)(=O)c2ccccc21)C(=O)NNC(=O)C(=O)NC1CC1. The molecule has 0 aromatic heterocycles. The van der Waals surface area contributed by atoms with Crippen molar-refractivity contribution in [2.45, 2.75) is 43.7 Å². The highest BCUT2D eigenvalue weighted by Gasteiger charge is 2.33. The molecule has 1 aliphatic carbocycles. The Labute approximate surface area is 162 Å². The molecular weight excluding hydrogens is 386 g/mol. The van der Waals surface area contributed by atoms with Crippen LogP contribution in [0.15, 0.2) is 34.2 Å². The number of nitrogens with one attached hydrogen (secondary N) is 4. The van der Waals surface area contributed by atoms with Crippen LogP contribution in [0.4, 0.5) is 0 Å². The Morgan fingerprint density at radius 2 is 1.79 bits per heavy atom. The smallest absolute Gasteiger partial charge is 0.327 e. The quantitative estimate of drug-likeness (QED) is 0.380. The third kappa shape index (κ3) is 4.30. The number of hydrogen-bond acceptors (Lipinski definition) is 6. The van der Waals surface area contributed by atoms with Crippen LogP contribution in [0.5, 0.6) is 0 Å². The molecule has 1 fully saturated rings. The maximum atomic E-state index is 12.5. The molecule has 0 unspecified atom stereocenters. The van der Waals surface area contributed by atoms with Crippen LogP contribution < -0.4 is 20.9 Å². The molecular formula is C17H21N5O5S. The van der Waals surface area contributed by atoms with E-state index in [1.54, 1.807) is 32.0 Å². The second kappa shape index (κ2) is 7.58. The number of hydrazine groups is 1. The van der Waals surface area contributed by atoms with Crippen molar-refractivity contribution in [1.29, 1.82) is 0 Å². The molecule has 150 valence electrons. The summed E-state index contributed by atoms with van der Waals surface area (Å²) in [6, 6.07) is 5.32. The number of sulfonamides is 1. The third-order valence-electron chi connectivity index (χ3n) is 4.25. The normalized spacial score (nSPS) is 19.5. The molecule has 1 aromatic rings. The van der Waals surface area contributed by atoms with Crippen molar-refractivity contribution in [3.8, 4) is 0 Å². The van der Waals surface area contributed by atoms with E-state index in [1.165, 1.54) is 6.07 Å². The summed E-state index contributed by atoms with van der Waals surface area (Å²) in [7, 11) is -3.73. The predicted octanol–water partition coefficient (Wildman–Crippen LogP) is -0.824. The number of benzene rings is 1. The Balaban J connectivity index is 1.71. The van der Waals surface area contributed by atoms with Gasteiger partial charge in [0.1, 0.15) is 11.9 Å². The number of carbonyl (C=O) groups excluding carboxylic acids is 3. The number of fused-ring (bicyclic) bond motifs is 1. The van der Waals surface area contributed by atoms with E-state index < -0.39 is 33.8 Å². The topological polar surface area (TPSA) is 146 Å². The minimum Gasteiger partial charge on any atom is -0.345 e. The first kappa shape index (κ1) is 19.8. The maximum Gasteiger partial charge on any atom is 0.327 e. The van der Waals surface area contributed by atoms with Gasteiger partial charge in [0.25, 0.3) is 15.9 Å². The molecule has 1 aliphatic heterocycles. The first-order chi connectivity index (χ1) is 13.2. The van der Waals surface area contributed by atoms with Gasteiger partial charge in [-0.2, -0.15) is 0 Å². The number of amidine groups is 1. The summed E-state index contributed by atoms with van der Waals surface area (Å²) in [5.41, 5.74) is 4.60. The van der Waals surface area contributed by atoms with Gasteiger partial charge in [-0.25, -0.2) is 8.42 Å². The second-order valence-electron chi connectivity index (χ2n) is 6.96. The molecule has 3 rings (SSSR count). The molecule has 1 heterocycles. The van der Waals surface area contributed by atoms with Gasteiger partial charge in [-0.05, 0) is 30.9 Å². The number of nitrogens with zero attached hydrogens (tertiary/aromatic N) is 1. The van der Waals surface area contributed by atoms with Crippen LogP contribution in [-0.4, -0.2) is 44.1 Å². The molecule has 0 spiro atoms. The van der Waals surface area contributed by atoms with Crippen molar-refractivity contribution in [3.63, 3.8) is 0 Å². The fourth-order valence-electron chi connectivity index (χ4n) is 2.61. The average molecular weight is 407 g/mol.